The fourth-order valence-electron chi connectivity index (χ4n) is 1.62. The molecule has 0 fully saturated rings. The zero-order chi connectivity index (χ0) is 13.0. The highest BCUT2D eigenvalue weighted by atomic mass is 127. The number of ether oxygens (including phenoxy) is 1. The molecule has 2 nitrogen and oxygen atoms in total. The molecule has 0 saturated heterocycles. The number of hydrogen-bond acceptors (Lipinski definition) is 2. The Morgan fingerprint density at radius 3 is 2.61 bits per heavy atom. The van der Waals surface area contributed by atoms with Gasteiger partial charge < -0.3 is 4.74 Å². The maximum atomic E-state index is 12.0. The molecule has 0 saturated carbocycles. The van der Waals surface area contributed by atoms with Gasteiger partial charge in [-0.1, -0.05) is 36.4 Å². The molecule has 2 aromatic carbocycles. The Morgan fingerprint density at radius 2 is 1.89 bits per heavy atom. The Balaban J connectivity index is 2.06. The average Bonchev–Trinajstić information content (AvgIpc) is 2.40. The first kappa shape index (κ1) is 13.1. The third kappa shape index (κ3) is 3.32. The van der Waals surface area contributed by atoms with E-state index in [9.17, 15) is 4.79 Å². The SMILES string of the molecule is Cc1ccc(I)cc1C(=O)OCc1ccccc1. The minimum absolute atomic E-state index is 0.269. The Labute approximate surface area is 120 Å². The summed E-state index contributed by atoms with van der Waals surface area (Å²) in [5.74, 6) is -0.269. The van der Waals surface area contributed by atoms with Gasteiger partial charge in [-0.2, -0.15) is 0 Å². The molecular weight excluding hydrogens is 339 g/mol. The third-order valence-electron chi connectivity index (χ3n) is 2.63. The van der Waals surface area contributed by atoms with Gasteiger partial charge in [0.25, 0.3) is 0 Å². The first-order chi connectivity index (χ1) is 8.66. The highest BCUT2D eigenvalue weighted by Crippen LogP contribution is 2.15. The van der Waals surface area contributed by atoms with Gasteiger partial charge in [0.05, 0.1) is 5.56 Å². The van der Waals surface area contributed by atoms with E-state index in [1.807, 2.05) is 55.5 Å². The Morgan fingerprint density at radius 1 is 1.17 bits per heavy atom. The molecular formula is C15H13IO2. The number of rotatable bonds is 3. The fraction of sp³-hybridized carbons (Fsp3) is 0.133. The lowest BCUT2D eigenvalue weighted by molar-refractivity contribution is 0.0472. The first-order valence-corrected chi connectivity index (χ1v) is 6.72. The maximum absolute atomic E-state index is 12.0. The second kappa shape index (κ2) is 6.00. The van der Waals surface area contributed by atoms with E-state index >= 15 is 0 Å². The minimum Gasteiger partial charge on any atom is -0.457 e. The van der Waals surface area contributed by atoms with Gasteiger partial charge >= 0.3 is 5.97 Å². The topological polar surface area (TPSA) is 26.3 Å². The van der Waals surface area contributed by atoms with Crippen LogP contribution >= 0.6 is 22.6 Å². The predicted octanol–water partition coefficient (Wildman–Crippen LogP) is 3.96. The number of aryl methyl sites for hydroxylation is 1. The van der Waals surface area contributed by atoms with E-state index in [1.54, 1.807) is 0 Å². The van der Waals surface area contributed by atoms with Crippen molar-refractivity contribution in [3.05, 3.63) is 68.8 Å². The lowest BCUT2D eigenvalue weighted by atomic mass is 10.1. The van der Waals surface area contributed by atoms with Crippen LogP contribution in [0.1, 0.15) is 21.5 Å². The molecule has 0 N–H and O–H groups in total. The number of carbonyl (C=O) groups excluding carboxylic acids is 1. The molecule has 0 heterocycles. The van der Waals surface area contributed by atoms with Crippen LogP contribution in [-0.2, 0) is 11.3 Å². The molecule has 0 radical (unpaired) electrons. The smallest absolute Gasteiger partial charge is 0.338 e. The van der Waals surface area contributed by atoms with Gasteiger partial charge in [-0.15, -0.1) is 0 Å². The van der Waals surface area contributed by atoms with Crippen LogP contribution in [0.25, 0.3) is 0 Å². The van der Waals surface area contributed by atoms with Gasteiger partial charge in [-0.25, -0.2) is 4.79 Å². The molecule has 3 heteroatoms. The van der Waals surface area contributed by atoms with Gasteiger partial charge in [0.1, 0.15) is 6.61 Å². The molecule has 18 heavy (non-hydrogen) atoms. The largest absolute Gasteiger partial charge is 0.457 e. The van der Waals surface area contributed by atoms with E-state index in [2.05, 4.69) is 22.6 Å². The molecule has 0 aliphatic rings. The van der Waals surface area contributed by atoms with E-state index in [0.29, 0.717) is 12.2 Å². The lowest BCUT2D eigenvalue weighted by Gasteiger charge is -2.07. The van der Waals surface area contributed by atoms with Crippen LogP contribution in [0.4, 0.5) is 0 Å². The molecule has 0 unspecified atom stereocenters. The lowest BCUT2D eigenvalue weighted by Crippen LogP contribution is -2.07. The fourth-order valence-corrected chi connectivity index (χ4v) is 2.11. The van der Waals surface area contributed by atoms with Crippen molar-refractivity contribution in [1.82, 2.24) is 0 Å². The van der Waals surface area contributed by atoms with Gasteiger partial charge in [-0.3, -0.25) is 0 Å². The zero-order valence-corrected chi connectivity index (χ0v) is 12.2. The summed E-state index contributed by atoms with van der Waals surface area (Å²) in [6.07, 6.45) is 0. The molecule has 2 aromatic rings. The predicted molar refractivity (Wildman–Crippen MR) is 79.5 cm³/mol. The number of esters is 1. The molecule has 92 valence electrons. The summed E-state index contributed by atoms with van der Waals surface area (Å²) in [5, 5.41) is 0. The van der Waals surface area contributed by atoms with Gasteiger partial charge in [0.15, 0.2) is 0 Å². The molecule has 0 spiro atoms. The van der Waals surface area contributed by atoms with Crippen molar-refractivity contribution in [2.45, 2.75) is 13.5 Å². The number of hydrogen-bond donors (Lipinski definition) is 0. The second-order valence-corrected chi connectivity index (χ2v) is 5.27. The van der Waals surface area contributed by atoms with Crippen LogP contribution < -0.4 is 0 Å². The molecule has 0 atom stereocenters. The highest BCUT2D eigenvalue weighted by molar-refractivity contribution is 14.1. The number of benzene rings is 2. The summed E-state index contributed by atoms with van der Waals surface area (Å²) >= 11 is 2.19. The quantitative estimate of drug-likeness (QED) is 0.618. The van der Waals surface area contributed by atoms with Crippen molar-refractivity contribution in [1.29, 1.82) is 0 Å². The van der Waals surface area contributed by atoms with Crippen molar-refractivity contribution >= 4 is 28.6 Å². The summed E-state index contributed by atoms with van der Waals surface area (Å²) in [6.45, 7) is 2.22. The van der Waals surface area contributed by atoms with Crippen LogP contribution in [0, 0.1) is 10.5 Å². The van der Waals surface area contributed by atoms with E-state index in [-0.39, 0.29) is 5.97 Å². The van der Waals surface area contributed by atoms with Crippen LogP contribution in [0.3, 0.4) is 0 Å². The molecule has 0 amide bonds. The summed E-state index contributed by atoms with van der Waals surface area (Å²) < 4.78 is 6.34. The Kier molecular flexibility index (Phi) is 4.36. The molecule has 2 rings (SSSR count). The molecule has 0 aromatic heterocycles. The van der Waals surface area contributed by atoms with Crippen molar-refractivity contribution in [3.63, 3.8) is 0 Å². The van der Waals surface area contributed by atoms with E-state index in [4.69, 9.17) is 4.74 Å². The average molecular weight is 352 g/mol. The van der Waals surface area contributed by atoms with Gasteiger partial charge in [0.2, 0.25) is 0 Å². The maximum Gasteiger partial charge on any atom is 0.338 e. The van der Waals surface area contributed by atoms with Crippen molar-refractivity contribution in [2.24, 2.45) is 0 Å². The zero-order valence-electron chi connectivity index (χ0n) is 10.0. The summed E-state index contributed by atoms with van der Waals surface area (Å²) in [7, 11) is 0. The normalized spacial score (nSPS) is 10.1. The van der Waals surface area contributed by atoms with Crippen molar-refractivity contribution < 1.29 is 9.53 Å². The van der Waals surface area contributed by atoms with E-state index in [1.165, 1.54) is 0 Å². The molecule has 0 aliphatic carbocycles. The summed E-state index contributed by atoms with van der Waals surface area (Å²) in [6, 6.07) is 15.4. The Hall–Kier alpha value is -1.36. The van der Waals surface area contributed by atoms with Crippen molar-refractivity contribution in [3.8, 4) is 0 Å². The second-order valence-electron chi connectivity index (χ2n) is 4.02. The van der Waals surface area contributed by atoms with E-state index in [0.717, 1.165) is 14.7 Å². The summed E-state index contributed by atoms with van der Waals surface area (Å²) in [5.41, 5.74) is 2.57. The molecule has 0 aliphatic heterocycles. The monoisotopic (exact) mass is 352 g/mol. The van der Waals surface area contributed by atoms with Gasteiger partial charge in [0, 0.05) is 3.57 Å². The number of carbonyl (C=O) groups is 1. The Bertz CT molecular complexity index is 550. The van der Waals surface area contributed by atoms with Crippen LogP contribution in [0.5, 0.6) is 0 Å². The van der Waals surface area contributed by atoms with Crippen LogP contribution in [-0.4, -0.2) is 5.97 Å². The van der Waals surface area contributed by atoms with Crippen molar-refractivity contribution in [2.75, 3.05) is 0 Å². The highest BCUT2D eigenvalue weighted by Gasteiger charge is 2.10. The van der Waals surface area contributed by atoms with Gasteiger partial charge in [-0.05, 0) is 52.8 Å². The number of halogens is 1. The van der Waals surface area contributed by atoms with E-state index < -0.39 is 0 Å². The van der Waals surface area contributed by atoms with Crippen LogP contribution in [0.15, 0.2) is 48.5 Å². The standard InChI is InChI=1S/C15H13IO2/c1-11-7-8-13(16)9-14(11)15(17)18-10-12-5-3-2-4-6-12/h2-9H,10H2,1H3. The third-order valence-corrected chi connectivity index (χ3v) is 3.30. The minimum atomic E-state index is -0.269. The molecule has 0 bridgehead atoms. The van der Waals surface area contributed by atoms with Crippen LogP contribution in [0.2, 0.25) is 0 Å². The summed E-state index contributed by atoms with van der Waals surface area (Å²) in [4.78, 5) is 12.0. The first-order valence-electron chi connectivity index (χ1n) is 5.64.